The third-order valence-electron chi connectivity index (χ3n) is 3.72. The van der Waals surface area contributed by atoms with E-state index in [-0.39, 0.29) is 0 Å². The Morgan fingerprint density at radius 1 is 0.875 bits per heavy atom. The molecule has 0 aliphatic carbocycles. The van der Waals surface area contributed by atoms with E-state index in [4.69, 9.17) is 0 Å². The quantitative estimate of drug-likeness (QED) is 0.662. The van der Waals surface area contributed by atoms with Crippen LogP contribution in [0.1, 0.15) is 6.92 Å². The average Bonchev–Trinajstić information content (AvgIpc) is 2.52. The Bertz CT molecular complexity index is 499. The lowest BCUT2D eigenvalue weighted by Gasteiger charge is -2.23. The van der Waals surface area contributed by atoms with E-state index in [1.165, 1.54) is 22.1 Å². The second-order valence-corrected chi connectivity index (χ2v) is 4.54. The van der Waals surface area contributed by atoms with Gasteiger partial charge in [0.1, 0.15) is 0 Å². The van der Waals surface area contributed by atoms with Gasteiger partial charge in [0.2, 0.25) is 0 Å². The summed E-state index contributed by atoms with van der Waals surface area (Å²) < 4.78 is 0. The molecular weight excluding hydrogens is 196 g/mol. The van der Waals surface area contributed by atoms with Gasteiger partial charge in [0.05, 0.1) is 17.5 Å². The number of hydrogen-bond acceptors (Lipinski definition) is 2. The Labute approximate surface area is 96.1 Å². The van der Waals surface area contributed by atoms with Crippen LogP contribution in [0.2, 0.25) is 0 Å². The molecule has 0 spiro atoms. The summed E-state index contributed by atoms with van der Waals surface area (Å²) in [4.78, 5) is 4.64. The monoisotopic (exact) mass is 212 g/mol. The van der Waals surface area contributed by atoms with Gasteiger partial charge in [-0.25, -0.2) is 0 Å². The van der Waals surface area contributed by atoms with E-state index in [9.17, 15) is 0 Å². The molecule has 3 rings (SSSR count). The molecule has 1 heterocycles. The van der Waals surface area contributed by atoms with E-state index in [0.29, 0.717) is 6.17 Å². The minimum atomic E-state index is 0.437. The van der Waals surface area contributed by atoms with Crippen molar-refractivity contribution >= 4 is 22.1 Å². The number of nitrogens with zero attached hydrogens (tertiary/aromatic N) is 2. The van der Waals surface area contributed by atoms with E-state index in [2.05, 4.69) is 67.2 Å². The molecule has 2 nitrogen and oxygen atoms in total. The average molecular weight is 212 g/mol. The van der Waals surface area contributed by atoms with Crippen molar-refractivity contribution in [3.8, 4) is 0 Å². The molecule has 2 aromatic rings. The first-order chi connectivity index (χ1) is 7.68. The van der Waals surface area contributed by atoms with Crippen LogP contribution in [0.5, 0.6) is 0 Å². The van der Waals surface area contributed by atoms with Crippen LogP contribution in [-0.2, 0) is 0 Å². The highest BCUT2D eigenvalue weighted by atomic mass is 15.4. The zero-order valence-corrected chi connectivity index (χ0v) is 9.94. The van der Waals surface area contributed by atoms with Crippen LogP contribution >= 0.6 is 0 Å². The van der Waals surface area contributed by atoms with Crippen LogP contribution in [0.3, 0.4) is 0 Å². The highest BCUT2D eigenvalue weighted by Gasteiger charge is 2.27. The van der Waals surface area contributed by atoms with E-state index < -0.39 is 0 Å². The maximum Gasteiger partial charge on any atom is 0.0982 e. The molecule has 0 amide bonds. The number of anilines is 2. The third kappa shape index (κ3) is 1.13. The summed E-state index contributed by atoms with van der Waals surface area (Å²) >= 11 is 0. The fourth-order valence-electron chi connectivity index (χ4n) is 2.44. The topological polar surface area (TPSA) is 6.48 Å². The first kappa shape index (κ1) is 9.52. The highest BCUT2D eigenvalue weighted by Crippen LogP contribution is 2.40. The Morgan fingerprint density at radius 2 is 1.31 bits per heavy atom. The molecule has 0 aromatic heterocycles. The first-order valence-corrected chi connectivity index (χ1v) is 5.67. The molecule has 0 saturated carbocycles. The maximum atomic E-state index is 2.32. The molecule has 0 saturated heterocycles. The second-order valence-electron chi connectivity index (χ2n) is 4.54. The molecule has 2 aromatic carbocycles. The highest BCUT2D eigenvalue weighted by molar-refractivity contribution is 5.94. The SMILES string of the molecule is CC1N(C)c2cc3ccccc3cc2N1C. The predicted octanol–water partition coefficient (Wildman–Crippen LogP) is 3.07. The van der Waals surface area contributed by atoms with Gasteiger partial charge in [0.15, 0.2) is 0 Å². The predicted molar refractivity (Wildman–Crippen MR) is 70.2 cm³/mol. The summed E-state index contributed by atoms with van der Waals surface area (Å²) in [6.07, 6.45) is 0.437. The van der Waals surface area contributed by atoms with E-state index in [0.717, 1.165) is 0 Å². The van der Waals surface area contributed by atoms with Gasteiger partial charge < -0.3 is 9.80 Å². The minimum absolute atomic E-state index is 0.437. The molecule has 0 N–H and O–H groups in total. The molecule has 82 valence electrons. The Balaban J connectivity index is 2.29. The van der Waals surface area contributed by atoms with E-state index in [1.54, 1.807) is 0 Å². The number of fused-ring (bicyclic) bond motifs is 2. The van der Waals surface area contributed by atoms with Crippen LogP contribution < -0.4 is 9.80 Å². The van der Waals surface area contributed by atoms with Gasteiger partial charge in [0.25, 0.3) is 0 Å². The molecule has 16 heavy (non-hydrogen) atoms. The van der Waals surface area contributed by atoms with Gasteiger partial charge in [-0.15, -0.1) is 0 Å². The first-order valence-electron chi connectivity index (χ1n) is 5.67. The van der Waals surface area contributed by atoms with Crippen molar-refractivity contribution in [2.24, 2.45) is 0 Å². The van der Waals surface area contributed by atoms with Crippen molar-refractivity contribution in [1.29, 1.82) is 0 Å². The summed E-state index contributed by atoms with van der Waals surface area (Å²) in [7, 11) is 4.31. The van der Waals surface area contributed by atoms with Gasteiger partial charge in [-0.2, -0.15) is 0 Å². The lowest BCUT2D eigenvalue weighted by Crippen LogP contribution is -2.35. The summed E-state index contributed by atoms with van der Waals surface area (Å²) in [5.41, 5.74) is 2.66. The number of benzene rings is 2. The van der Waals surface area contributed by atoms with Crippen molar-refractivity contribution in [1.82, 2.24) is 0 Å². The molecule has 0 unspecified atom stereocenters. The minimum Gasteiger partial charge on any atom is -0.353 e. The second kappa shape index (κ2) is 3.14. The van der Waals surface area contributed by atoms with Crippen LogP contribution in [0.25, 0.3) is 10.8 Å². The standard InChI is InChI=1S/C14H16N2/c1-10-15(2)13-8-11-6-4-5-7-12(11)9-14(13)16(10)3/h4-10H,1-3H3. The van der Waals surface area contributed by atoms with Crippen molar-refractivity contribution in [2.75, 3.05) is 23.9 Å². The normalized spacial score (nSPS) is 15.9. The Hall–Kier alpha value is -1.70. The molecule has 0 fully saturated rings. The molecule has 1 aliphatic heterocycles. The van der Waals surface area contributed by atoms with E-state index >= 15 is 0 Å². The van der Waals surface area contributed by atoms with E-state index in [1.807, 2.05) is 0 Å². The van der Waals surface area contributed by atoms with Crippen LogP contribution in [0.4, 0.5) is 11.4 Å². The van der Waals surface area contributed by atoms with Gasteiger partial charge in [-0.05, 0) is 29.8 Å². The number of rotatable bonds is 0. The Kier molecular flexibility index (Phi) is 1.87. The molecule has 0 atom stereocenters. The maximum absolute atomic E-state index is 2.32. The third-order valence-corrected chi connectivity index (χ3v) is 3.72. The zero-order valence-electron chi connectivity index (χ0n) is 9.94. The summed E-state index contributed by atoms with van der Waals surface area (Å²) in [6.45, 7) is 2.23. The lowest BCUT2D eigenvalue weighted by atomic mass is 10.1. The smallest absolute Gasteiger partial charge is 0.0982 e. The largest absolute Gasteiger partial charge is 0.353 e. The van der Waals surface area contributed by atoms with Crippen molar-refractivity contribution in [2.45, 2.75) is 13.1 Å². The van der Waals surface area contributed by atoms with Gasteiger partial charge >= 0.3 is 0 Å². The van der Waals surface area contributed by atoms with Crippen molar-refractivity contribution in [3.63, 3.8) is 0 Å². The molecular formula is C14H16N2. The molecule has 2 heteroatoms. The van der Waals surface area contributed by atoms with Crippen LogP contribution in [0.15, 0.2) is 36.4 Å². The number of hydrogen-bond donors (Lipinski definition) is 0. The molecule has 0 radical (unpaired) electrons. The summed E-state index contributed by atoms with van der Waals surface area (Å²) in [6, 6.07) is 13.1. The fraction of sp³-hybridized carbons (Fsp3) is 0.286. The van der Waals surface area contributed by atoms with Gasteiger partial charge in [-0.3, -0.25) is 0 Å². The summed E-state index contributed by atoms with van der Waals surface area (Å²) in [5, 5.41) is 2.63. The van der Waals surface area contributed by atoms with Crippen LogP contribution in [0, 0.1) is 0 Å². The molecule has 0 bridgehead atoms. The fourth-order valence-corrected chi connectivity index (χ4v) is 2.44. The lowest BCUT2D eigenvalue weighted by molar-refractivity contribution is 0.710. The van der Waals surface area contributed by atoms with Gasteiger partial charge in [0, 0.05) is 14.1 Å². The van der Waals surface area contributed by atoms with Gasteiger partial charge in [-0.1, -0.05) is 24.3 Å². The molecule has 1 aliphatic rings. The Morgan fingerprint density at radius 3 is 1.75 bits per heavy atom. The van der Waals surface area contributed by atoms with Crippen molar-refractivity contribution in [3.05, 3.63) is 36.4 Å². The van der Waals surface area contributed by atoms with Crippen LogP contribution in [-0.4, -0.2) is 20.3 Å². The summed E-state index contributed by atoms with van der Waals surface area (Å²) in [5.74, 6) is 0. The zero-order chi connectivity index (χ0) is 11.3. The van der Waals surface area contributed by atoms with Crippen molar-refractivity contribution < 1.29 is 0 Å².